The third-order valence-electron chi connectivity index (χ3n) is 6.42. The number of amides is 1. The average molecular weight is 450 g/mol. The molecule has 33 heavy (non-hydrogen) atoms. The van der Waals surface area contributed by atoms with Gasteiger partial charge in [-0.1, -0.05) is 12.1 Å². The Labute approximate surface area is 194 Å². The largest absolute Gasteiger partial charge is 0.462 e. The molecule has 2 aromatic rings. The summed E-state index contributed by atoms with van der Waals surface area (Å²) in [6.07, 6.45) is 6.14. The van der Waals surface area contributed by atoms with Crippen LogP contribution < -0.4 is 4.90 Å². The van der Waals surface area contributed by atoms with Gasteiger partial charge >= 0.3 is 5.97 Å². The predicted octanol–water partition coefficient (Wildman–Crippen LogP) is 3.45. The Balaban J connectivity index is 1.28. The molecule has 0 saturated carbocycles. The van der Waals surface area contributed by atoms with Crippen molar-refractivity contribution in [3.8, 4) is 0 Å². The lowest BCUT2D eigenvalue weighted by molar-refractivity contribution is -0.130. The highest BCUT2D eigenvalue weighted by Gasteiger charge is 2.21. The lowest BCUT2D eigenvalue weighted by Crippen LogP contribution is -2.35. The summed E-state index contributed by atoms with van der Waals surface area (Å²) >= 11 is 0. The highest BCUT2D eigenvalue weighted by molar-refractivity contribution is 5.98. The van der Waals surface area contributed by atoms with Crippen LogP contribution in [0.15, 0.2) is 36.5 Å². The summed E-state index contributed by atoms with van der Waals surface area (Å²) in [4.78, 5) is 45.6. The molecular weight excluding hydrogens is 418 g/mol. The topological polar surface area (TPSA) is 79.8 Å². The molecule has 174 valence electrons. The van der Waals surface area contributed by atoms with Crippen molar-refractivity contribution in [3.63, 3.8) is 0 Å². The highest BCUT2D eigenvalue weighted by Crippen LogP contribution is 2.23. The number of aryl methyl sites for hydroxylation is 2. The molecule has 4 rings (SSSR count). The van der Waals surface area contributed by atoms with E-state index in [0.717, 1.165) is 43.6 Å². The number of anilines is 1. The zero-order chi connectivity index (χ0) is 23.2. The van der Waals surface area contributed by atoms with Crippen LogP contribution in [0.4, 0.5) is 5.82 Å². The number of nitrogens with zero attached hydrogens (tertiary/aromatic N) is 3. The number of benzene rings is 1. The molecule has 0 atom stereocenters. The molecular formula is C26H31N3O4. The summed E-state index contributed by atoms with van der Waals surface area (Å²) in [5.41, 5.74) is 3.79. The van der Waals surface area contributed by atoms with Gasteiger partial charge in [-0.3, -0.25) is 9.59 Å². The van der Waals surface area contributed by atoms with Gasteiger partial charge in [0.25, 0.3) is 0 Å². The summed E-state index contributed by atoms with van der Waals surface area (Å²) in [6, 6.07) is 9.52. The van der Waals surface area contributed by atoms with E-state index in [4.69, 9.17) is 4.74 Å². The van der Waals surface area contributed by atoms with Crippen LogP contribution in [-0.4, -0.2) is 60.3 Å². The first-order valence-corrected chi connectivity index (χ1v) is 11.9. The normalized spacial score (nSPS) is 15.7. The lowest BCUT2D eigenvalue weighted by atomic mass is 10.0. The number of hydrogen-bond donors (Lipinski definition) is 0. The van der Waals surface area contributed by atoms with Gasteiger partial charge in [0.05, 0.1) is 12.2 Å². The van der Waals surface area contributed by atoms with Gasteiger partial charge in [0.15, 0.2) is 5.78 Å². The van der Waals surface area contributed by atoms with E-state index in [1.54, 1.807) is 13.0 Å². The van der Waals surface area contributed by atoms with Crippen LogP contribution in [0.25, 0.3) is 0 Å². The smallest absolute Gasteiger partial charge is 0.339 e. The summed E-state index contributed by atoms with van der Waals surface area (Å²) in [5.74, 6) is 0.472. The SMILES string of the molecule is CCOC(=O)c1ccc(N2CCCN(C(=O)CCC(=O)c3ccc4c(c3)CCC4)CC2)nc1. The van der Waals surface area contributed by atoms with Gasteiger partial charge in [-0.15, -0.1) is 0 Å². The Morgan fingerprint density at radius 3 is 2.52 bits per heavy atom. The Morgan fingerprint density at radius 1 is 0.909 bits per heavy atom. The number of carbonyl (C=O) groups excluding carboxylic acids is 3. The Kier molecular flexibility index (Phi) is 7.37. The zero-order valence-electron chi connectivity index (χ0n) is 19.2. The maximum Gasteiger partial charge on any atom is 0.339 e. The number of ketones is 1. The van der Waals surface area contributed by atoms with Crippen LogP contribution in [0.3, 0.4) is 0 Å². The fraction of sp³-hybridized carbons (Fsp3) is 0.462. The summed E-state index contributed by atoms with van der Waals surface area (Å²) in [7, 11) is 0. The minimum absolute atomic E-state index is 0.0250. The maximum atomic E-state index is 12.8. The molecule has 0 bridgehead atoms. The first kappa shape index (κ1) is 23.0. The molecule has 1 aromatic heterocycles. The van der Waals surface area contributed by atoms with E-state index in [2.05, 4.69) is 16.0 Å². The van der Waals surface area contributed by atoms with Crippen LogP contribution in [0, 0.1) is 0 Å². The maximum absolute atomic E-state index is 12.8. The van der Waals surface area contributed by atoms with Crippen LogP contribution in [0.5, 0.6) is 0 Å². The third kappa shape index (κ3) is 5.59. The van der Waals surface area contributed by atoms with Crippen molar-refractivity contribution in [1.29, 1.82) is 0 Å². The lowest BCUT2D eigenvalue weighted by Gasteiger charge is -2.23. The van der Waals surface area contributed by atoms with E-state index >= 15 is 0 Å². The van der Waals surface area contributed by atoms with Crippen molar-refractivity contribution in [3.05, 3.63) is 58.8 Å². The molecule has 0 spiro atoms. The third-order valence-corrected chi connectivity index (χ3v) is 6.42. The minimum Gasteiger partial charge on any atom is -0.462 e. The van der Waals surface area contributed by atoms with Crippen molar-refractivity contribution in [2.75, 3.05) is 37.7 Å². The van der Waals surface area contributed by atoms with Crippen molar-refractivity contribution < 1.29 is 19.1 Å². The molecule has 1 fully saturated rings. The fourth-order valence-electron chi connectivity index (χ4n) is 4.57. The van der Waals surface area contributed by atoms with E-state index in [1.807, 2.05) is 23.1 Å². The Bertz CT molecular complexity index is 1020. The number of Topliss-reactive ketones (excluding diaryl/α,β-unsaturated/α-hetero) is 1. The van der Waals surface area contributed by atoms with Gasteiger partial charge in [0.2, 0.25) is 5.91 Å². The number of esters is 1. The van der Waals surface area contributed by atoms with Crippen molar-refractivity contribution >= 4 is 23.5 Å². The van der Waals surface area contributed by atoms with E-state index in [-0.39, 0.29) is 30.5 Å². The first-order valence-electron chi connectivity index (χ1n) is 11.9. The van der Waals surface area contributed by atoms with Gasteiger partial charge < -0.3 is 14.5 Å². The van der Waals surface area contributed by atoms with Crippen LogP contribution in [-0.2, 0) is 22.4 Å². The molecule has 2 aliphatic rings. The van der Waals surface area contributed by atoms with Gasteiger partial charge in [0.1, 0.15) is 5.82 Å². The number of aromatic nitrogens is 1. The second kappa shape index (κ2) is 10.6. The van der Waals surface area contributed by atoms with Crippen LogP contribution >= 0.6 is 0 Å². The fourth-order valence-corrected chi connectivity index (χ4v) is 4.57. The van der Waals surface area contributed by atoms with Crippen LogP contribution in [0.2, 0.25) is 0 Å². The Hall–Kier alpha value is -3.22. The number of rotatable bonds is 7. The average Bonchev–Trinajstić information content (AvgIpc) is 3.17. The summed E-state index contributed by atoms with van der Waals surface area (Å²) < 4.78 is 5.00. The monoisotopic (exact) mass is 449 g/mol. The van der Waals surface area contributed by atoms with Crippen molar-refractivity contribution in [2.24, 2.45) is 0 Å². The Morgan fingerprint density at radius 2 is 1.73 bits per heavy atom. The minimum atomic E-state index is -0.376. The zero-order valence-corrected chi connectivity index (χ0v) is 19.2. The van der Waals surface area contributed by atoms with Gasteiger partial charge in [-0.25, -0.2) is 9.78 Å². The van der Waals surface area contributed by atoms with Gasteiger partial charge in [-0.05, 0) is 61.9 Å². The number of carbonyl (C=O) groups is 3. The van der Waals surface area contributed by atoms with Gasteiger partial charge in [0, 0.05) is 50.8 Å². The van der Waals surface area contributed by atoms with Crippen molar-refractivity contribution in [1.82, 2.24) is 9.88 Å². The number of pyridine rings is 1. The van der Waals surface area contributed by atoms with E-state index in [1.165, 1.54) is 17.3 Å². The molecule has 2 heterocycles. The first-order chi connectivity index (χ1) is 16.0. The molecule has 1 saturated heterocycles. The number of hydrogen-bond acceptors (Lipinski definition) is 6. The molecule has 1 aromatic carbocycles. The second-order valence-corrected chi connectivity index (χ2v) is 8.61. The molecule has 1 aliphatic heterocycles. The van der Waals surface area contributed by atoms with E-state index in [9.17, 15) is 14.4 Å². The van der Waals surface area contributed by atoms with Crippen molar-refractivity contribution in [2.45, 2.75) is 45.4 Å². The molecule has 1 amide bonds. The summed E-state index contributed by atoms with van der Waals surface area (Å²) in [6.45, 7) is 4.80. The molecule has 7 heteroatoms. The molecule has 1 aliphatic carbocycles. The van der Waals surface area contributed by atoms with E-state index < -0.39 is 0 Å². The quantitative estimate of drug-likeness (QED) is 0.476. The van der Waals surface area contributed by atoms with Crippen LogP contribution in [0.1, 0.15) is 64.4 Å². The number of ether oxygens (including phenoxy) is 1. The standard InChI is InChI=1S/C26H31N3O4/c1-2-33-26(32)22-9-11-24(27-18-22)28-13-4-14-29(16-15-28)25(31)12-10-23(30)21-8-7-19-5-3-6-20(19)17-21/h7-9,11,17-18H,2-6,10,12-16H2,1H3. The second-order valence-electron chi connectivity index (χ2n) is 8.61. The predicted molar refractivity (Wildman–Crippen MR) is 126 cm³/mol. The molecule has 0 unspecified atom stereocenters. The summed E-state index contributed by atoms with van der Waals surface area (Å²) in [5, 5.41) is 0. The highest BCUT2D eigenvalue weighted by atomic mass is 16.5. The van der Waals surface area contributed by atoms with E-state index in [0.29, 0.717) is 31.8 Å². The molecule has 0 N–H and O–H groups in total. The van der Waals surface area contributed by atoms with Gasteiger partial charge in [-0.2, -0.15) is 0 Å². The number of fused-ring (bicyclic) bond motifs is 1. The molecule has 0 radical (unpaired) electrons. The molecule has 7 nitrogen and oxygen atoms in total.